The van der Waals surface area contributed by atoms with Crippen LogP contribution in [0, 0.1) is 27.3 Å². The number of hydrogen-bond donors (Lipinski definition) is 1. The normalized spacial score (nSPS) is 13.4. The molecule has 1 N–H and O–H groups in total. The number of nitrogens with one attached hydrogen (secondary N) is 1. The van der Waals surface area contributed by atoms with E-state index >= 15 is 0 Å². The van der Waals surface area contributed by atoms with Crippen LogP contribution < -0.4 is 10.1 Å². The van der Waals surface area contributed by atoms with Gasteiger partial charge in [0.2, 0.25) is 0 Å². The van der Waals surface area contributed by atoms with Gasteiger partial charge >= 0.3 is 0 Å². The Morgan fingerprint density at radius 3 is 2.79 bits per heavy atom. The molecule has 0 aromatic heterocycles. The zero-order valence-corrected chi connectivity index (χ0v) is 10.6. The number of halogens is 1. The Kier molecular flexibility index (Phi) is 4.78. The number of rotatable bonds is 6. The molecular formula is C12H14FN3O3. The second kappa shape index (κ2) is 6.11. The first kappa shape index (κ1) is 14.9. The van der Waals surface area contributed by atoms with Gasteiger partial charge in [-0.3, -0.25) is 10.1 Å². The van der Waals surface area contributed by atoms with Crippen molar-refractivity contribution in [1.29, 1.82) is 5.26 Å². The summed E-state index contributed by atoms with van der Waals surface area (Å²) in [4.78, 5) is 9.76. The van der Waals surface area contributed by atoms with Crippen molar-refractivity contribution < 1.29 is 14.1 Å². The molecule has 0 heterocycles. The number of nitrogens with zero attached hydrogens (tertiary/aromatic N) is 2. The Bertz CT molecular complexity index is 515. The minimum Gasteiger partial charge on any atom is -0.490 e. The fourth-order valence-corrected chi connectivity index (χ4v) is 1.32. The van der Waals surface area contributed by atoms with Crippen molar-refractivity contribution >= 4 is 5.69 Å². The van der Waals surface area contributed by atoms with Crippen molar-refractivity contribution in [3.05, 3.63) is 34.1 Å². The van der Waals surface area contributed by atoms with E-state index in [2.05, 4.69) is 11.4 Å². The molecule has 0 saturated carbocycles. The number of nitriles is 1. The number of benzene rings is 1. The van der Waals surface area contributed by atoms with Crippen molar-refractivity contribution in [3.63, 3.8) is 0 Å². The van der Waals surface area contributed by atoms with Crippen molar-refractivity contribution in [1.82, 2.24) is 5.32 Å². The summed E-state index contributed by atoms with van der Waals surface area (Å²) in [7, 11) is 1.65. The molecule has 1 unspecified atom stereocenters. The number of nitro benzene ring substituents is 1. The average molecular weight is 267 g/mol. The number of non-ortho nitro benzene ring substituents is 1. The summed E-state index contributed by atoms with van der Waals surface area (Å²) in [6.07, 6.45) is 0.358. The third-order valence-corrected chi connectivity index (χ3v) is 2.78. The van der Waals surface area contributed by atoms with Crippen LogP contribution in [0.2, 0.25) is 0 Å². The topological polar surface area (TPSA) is 88.2 Å². The predicted octanol–water partition coefficient (Wildman–Crippen LogP) is 2.00. The number of ether oxygens (including phenoxy) is 1. The maximum absolute atomic E-state index is 13.5. The molecule has 1 aromatic carbocycles. The van der Waals surface area contributed by atoms with Crippen molar-refractivity contribution in [2.24, 2.45) is 0 Å². The van der Waals surface area contributed by atoms with Crippen LogP contribution in [0.4, 0.5) is 10.1 Å². The van der Waals surface area contributed by atoms with Gasteiger partial charge in [-0.05, 0) is 20.0 Å². The predicted molar refractivity (Wildman–Crippen MR) is 66.2 cm³/mol. The molecule has 0 amide bonds. The molecule has 102 valence electrons. The Morgan fingerprint density at radius 2 is 2.32 bits per heavy atom. The molecule has 0 aliphatic carbocycles. The van der Waals surface area contributed by atoms with Crippen LogP contribution in [-0.2, 0) is 0 Å². The van der Waals surface area contributed by atoms with Gasteiger partial charge in [0, 0.05) is 12.5 Å². The van der Waals surface area contributed by atoms with E-state index in [1.165, 1.54) is 12.1 Å². The molecule has 7 heteroatoms. The zero-order valence-electron chi connectivity index (χ0n) is 10.6. The first-order chi connectivity index (χ1) is 8.91. The standard InChI is InChI=1S/C12H14FN3O3/c1-12(8-14,15-2)5-6-19-11-4-3-9(16(17)18)7-10(11)13/h3-4,7,15H,5-6H2,1-2H3. The zero-order chi connectivity index (χ0) is 14.5. The van der Waals surface area contributed by atoms with Gasteiger partial charge in [-0.2, -0.15) is 5.26 Å². The molecule has 0 aliphatic heterocycles. The fraction of sp³-hybridized carbons (Fsp3) is 0.417. The van der Waals surface area contributed by atoms with E-state index in [-0.39, 0.29) is 18.0 Å². The highest BCUT2D eigenvalue weighted by molar-refractivity contribution is 5.37. The third kappa shape index (κ3) is 3.89. The first-order valence-corrected chi connectivity index (χ1v) is 5.59. The first-order valence-electron chi connectivity index (χ1n) is 5.59. The summed E-state index contributed by atoms with van der Waals surface area (Å²) in [6.45, 7) is 1.82. The maximum Gasteiger partial charge on any atom is 0.272 e. The molecule has 0 radical (unpaired) electrons. The molecule has 6 nitrogen and oxygen atoms in total. The van der Waals surface area contributed by atoms with Gasteiger partial charge in [-0.15, -0.1) is 0 Å². The lowest BCUT2D eigenvalue weighted by molar-refractivity contribution is -0.385. The van der Waals surface area contributed by atoms with E-state index in [1.54, 1.807) is 14.0 Å². The number of nitro groups is 1. The summed E-state index contributed by atoms with van der Waals surface area (Å²) < 4.78 is 18.7. The summed E-state index contributed by atoms with van der Waals surface area (Å²) in [5.74, 6) is -0.862. The molecule has 0 fully saturated rings. The van der Waals surface area contributed by atoms with Crippen molar-refractivity contribution in [2.75, 3.05) is 13.7 Å². The van der Waals surface area contributed by atoms with E-state index in [4.69, 9.17) is 10.00 Å². The highest BCUT2D eigenvalue weighted by Gasteiger charge is 2.21. The van der Waals surface area contributed by atoms with E-state index < -0.39 is 16.3 Å². The summed E-state index contributed by atoms with van der Waals surface area (Å²) >= 11 is 0. The van der Waals surface area contributed by atoms with E-state index in [1.807, 2.05) is 0 Å². The largest absolute Gasteiger partial charge is 0.490 e. The van der Waals surface area contributed by atoms with Crippen LogP contribution in [0.1, 0.15) is 13.3 Å². The highest BCUT2D eigenvalue weighted by atomic mass is 19.1. The molecule has 1 aromatic rings. The van der Waals surface area contributed by atoms with Crippen molar-refractivity contribution in [2.45, 2.75) is 18.9 Å². The molecule has 19 heavy (non-hydrogen) atoms. The molecular weight excluding hydrogens is 253 g/mol. The molecule has 1 rings (SSSR count). The summed E-state index contributed by atoms with van der Waals surface area (Å²) in [5.41, 5.74) is -1.08. The van der Waals surface area contributed by atoms with Gasteiger partial charge < -0.3 is 10.1 Å². The Labute approximate surface area is 109 Å². The van der Waals surface area contributed by atoms with Gasteiger partial charge in [-0.25, -0.2) is 4.39 Å². The Balaban J connectivity index is 2.65. The molecule has 0 bridgehead atoms. The quantitative estimate of drug-likeness (QED) is 0.629. The molecule has 0 aliphatic rings. The van der Waals surface area contributed by atoms with E-state index in [9.17, 15) is 14.5 Å². The van der Waals surface area contributed by atoms with Crippen LogP contribution >= 0.6 is 0 Å². The minimum atomic E-state index is -0.794. The van der Waals surface area contributed by atoms with E-state index in [0.717, 1.165) is 6.07 Å². The Hall–Kier alpha value is -2.20. The summed E-state index contributed by atoms with van der Waals surface area (Å²) in [5, 5.41) is 22.2. The fourth-order valence-electron chi connectivity index (χ4n) is 1.32. The second-order valence-electron chi connectivity index (χ2n) is 4.16. The smallest absolute Gasteiger partial charge is 0.272 e. The van der Waals surface area contributed by atoms with Crippen molar-refractivity contribution in [3.8, 4) is 11.8 Å². The third-order valence-electron chi connectivity index (χ3n) is 2.78. The van der Waals surface area contributed by atoms with Gasteiger partial charge in [0.25, 0.3) is 5.69 Å². The van der Waals surface area contributed by atoms with Crippen LogP contribution in [0.3, 0.4) is 0 Å². The Morgan fingerprint density at radius 1 is 1.63 bits per heavy atom. The average Bonchev–Trinajstić information content (AvgIpc) is 2.40. The van der Waals surface area contributed by atoms with Crippen LogP contribution in [-0.4, -0.2) is 24.1 Å². The van der Waals surface area contributed by atoms with Crippen LogP contribution in [0.15, 0.2) is 18.2 Å². The SMILES string of the molecule is CNC(C)(C#N)CCOc1ccc([N+](=O)[O-])cc1F. The van der Waals surface area contributed by atoms with Gasteiger partial charge in [-0.1, -0.05) is 0 Å². The lowest BCUT2D eigenvalue weighted by atomic mass is 10.0. The van der Waals surface area contributed by atoms with Crippen LogP contribution in [0.5, 0.6) is 5.75 Å². The lowest BCUT2D eigenvalue weighted by Gasteiger charge is -2.20. The lowest BCUT2D eigenvalue weighted by Crippen LogP contribution is -2.39. The van der Waals surface area contributed by atoms with Gasteiger partial charge in [0.05, 0.1) is 23.7 Å². The minimum absolute atomic E-state index is 0.0676. The number of hydrogen-bond acceptors (Lipinski definition) is 5. The van der Waals surface area contributed by atoms with E-state index in [0.29, 0.717) is 6.42 Å². The summed E-state index contributed by atoms with van der Waals surface area (Å²) in [6, 6.07) is 5.25. The molecule has 0 saturated heterocycles. The monoisotopic (exact) mass is 267 g/mol. The maximum atomic E-state index is 13.5. The van der Waals surface area contributed by atoms with Crippen LogP contribution in [0.25, 0.3) is 0 Å². The molecule has 1 atom stereocenters. The van der Waals surface area contributed by atoms with Gasteiger partial charge in [0.1, 0.15) is 5.54 Å². The van der Waals surface area contributed by atoms with Gasteiger partial charge in [0.15, 0.2) is 11.6 Å². The molecule has 0 spiro atoms. The second-order valence-corrected chi connectivity index (χ2v) is 4.16. The highest BCUT2D eigenvalue weighted by Crippen LogP contribution is 2.23.